The topological polar surface area (TPSA) is 96.0 Å². The van der Waals surface area contributed by atoms with E-state index < -0.39 is 15.6 Å². The predicted molar refractivity (Wildman–Crippen MR) is 79.3 cm³/mol. The first kappa shape index (κ1) is 16.6. The minimum Gasteiger partial charge on any atom is -0.324 e. The standard InChI is InChI=1S/C14H21N3O2S/c1-3-14(16,4-2)11-17-20(18,19)10-13-7-5-12(9-15)6-8-13/h5-8,17H,3-4,10-11,16H2,1-2H3. The van der Waals surface area contributed by atoms with Crippen molar-refractivity contribution in [2.45, 2.75) is 38.0 Å². The predicted octanol–water partition coefficient (Wildman–Crippen LogP) is 1.50. The maximum absolute atomic E-state index is 12.0. The lowest BCUT2D eigenvalue weighted by atomic mass is 9.95. The van der Waals surface area contributed by atoms with Gasteiger partial charge in [-0.1, -0.05) is 26.0 Å². The van der Waals surface area contributed by atoms with Crippen LogP contribution in [0.2, 0.25) is 0 Å². The average molecular weight is 295 g/mol. The zero-order chi connectivity index (χ0) is 15.2. The molecule has 6 heteroatoms. The monoisotopic (exact) mass is 295 g/mol. The quantitative estimate of drug-likeness (QED) is 0.796. The molecule has 5 nitrogen and oxygen atoms in total. The molecule has 0 spiro atoms. The first-order valence-corrected chi connectivity index (χ1v) is 8.24. The van der Waals surface area contributed by atoms with E-state index in [1.165, 1.54) is 0 Å². The van der Waals surface area contributed by atoms with E-state index in [1.807, 2.05) is 19.9 Å². The molecule has 1 aromatic rings. The smallest absolute Gasteiger partial charge is 0.215 e. The molecule has 110 valence electrons. The number of nitrogens with one attached hydrogen (secondary N) is 1. The number of sulfonamides is 1. The maximum atomic E-state index is 12.0. The van der Waals surface area contributed by atoms with E-state index in [0.29, 0.717) is 24.0 Å². The van der Waals surface area contributed by atoms with Gasteiger partial charge in [0.2, 0.25) is 10.0 Å². The second-order valence-corrected chi connectivity index (χ2v) is 6.77. The van der Waals surface area contributed by atoms with E-state index in [0.717, 1.165) is 0 Å². The van der Waals surface area contributed by atoms with Crippen LogP contribution >= 0.6 is 0 Å². The van der Waals surface area contributed by atoms with Gasteiger partial charge in [0.05, 0.1) is 17.4 Å². The molecule has 0 amide bonds. The molecule has 20 heavy (non-hydrogen) atoms. The molecule has 1 rings (SSSR count). The highest BCUT2D eigenvalue weighted by Crippen LogP contribution is 2.11. The summed E-state index contributed by atoms with van der Waals surface area (Å²) in [4.78, 5) is 0. The molecule has 0 fully saturated rings. The van der Waals surface area contributed by atoms with Crippen molar-refractivity contribution in [1.29, 1.82) is 5.26 Å². The summed E-state index contributed by atoms with van der Waals surface area (Å²) in [6.07, 6.45) is 1.42. The molecule has 1 aromatic carbocycles. The largest absolute Gasteiger partial charge is 0.324 e. The third-order valence-electron chi connectivity index (χ3n) is 3.49. The molecule has 0 saturated heterocycles. The molecule has 0 aliphatic heterocycles. The molecule has 0 radical (unpaired) electrons. The lowest BCUT2D eigenvalue weighted by molar-refractivity contribution is 0.391. The van der Waals surface area contributed by atoms with Crippen molar-refractivity contribution in [2.24, 2.45) is 5.73 Å². The lowest BCUT2D eigenvalue weighted by Gasteiger charge is -2.26. The first-order valence-electron chi connectivity index (χ1n) is 6.59. The van der Waals surface area contributed by atoms with Crippen molar-refractivity contribution in [3.63, 3.8) is 0 Å². The Morgan fingerprint density at radius 1 is 1.25 bits per heavy atom. The summed E-state index contributed by atoms with van der Waals surface area (Å²) < 4.78 is 26.6. The molecular formula is C14H21N3O2S. The molecule has 0 heterocycles. The fraction of sp³-hybridized carbons (Fsp3) is 0.500. The number of nitrogens with zero attached hydrogens (tertiary/aromatic N) is 1. The van der Waals surface area contributed by atoms with Crippen LogP contribution in [0.4, 0.5) is 0 Å². The van der Waals surface area contributed by atoms with Gasteiger partial charge >= 0.3 is 0 Å². The van der Waals surface area contributed by atoms with Gasteiger partial charge in [-0.05, 0) is 30.5 Å². The Balaban J connectivity index is 2.68. The summed E-state index contributed by atoms with van der Waals surface area (Å²) in [7, 11) is -3.42. The third kappa shape index (κ3) is 4.93. The highest BCUT2D eigenvalue weighted by Gasteiger charge is 2.23. The van der Waals surface area contributed by atoms with Gasteiger partial charge < -0.3 is 5.73 Å². The SMILES string of the molecule is CCC(N)(CC)CNS(=O)(=O)Cc1ccc(C#N)cc1. The van der Waals surface area contributed by atoms with Crippen LogP contribution in [-0.4, -0.2) is 20.5 Å². The van der Waals surface area contributed by atoms with Gasteiger partial charge in [0, 0.05) is 12.1 Å². The van der Waals surface area contributed by atoms with Gasteiger partial charge in [0.15, 0.2) is 0 Å². The van der Waals surface area contributed by atoms with Crippen LogP contribution in [0.25, 0.3) is 0 Å². The number of nitriles is 1. The molecule has 0 aliphatic rings. The fourth-order valence-electron chi connectivity index (χ4n) is 1.70. The zero-order valence-electron chi connectivity index (χ0n) is 11.9. The van der Waals surface area contributed by atoms with Crippen molar-refractivity contribution >= 4 is 10.0 Å². The van der Waals surface area contributed by atoms with Gasteiger partial charge in [-0.25, -0.2) is 13.1 Å². The Morgan fingerprint density at radius 3 is 2.25 bits per heavy atom. The van der Waals surface area contributed by atoms with Gasteiger partial charge in [-0.15, -0.1) is 0 Å². The summed E-state index contributed by atoms with van der Waals surface area (Å²) in [5.74, 6) is -0.109. The minimum atomic E-state index is -3.42. The van der Waals surface area contributed by atoms with Crippen molar-refractivity contribution in [1.82, 2.24) is 4.72 Å². The Bertz CT molecular complexity index is 569. The van der Waals surface area contributed by atoms with Crippen molar-refractivity contribution in [3.8, 4) is 6.07 Å². The molecule has 0 atom stereocenters. The van der Waals surface area contributed by atoms with Crippen LogP contribution in [0.3, 0.4) is 0 Å². The van der Waals surface area contributed by atoms with Crippen LogP contribution in [-0.2, 0) is 15.8 Å². The number of nitrogens with two attached hydrogens (primary N) is 1. The van der Waals surface area contributed by atoms with E-state index >= 15 is 0 Å². The van der Waals surface area contributed by atoms with Crippen LogP contribution in [0.5, 0.6) is 0 Å². The van der Waals surface area contributed by atoms with Crippen molar-refractivity contribution in [3.05, 3.63) is 35.4 Å². The molecule has 3 N–H and O–H groups in total. The van der Waals surface area contributed by atoms with E-state index in [4.69, 9.17) is 11.0 Å². The first-order chi connectivity index (χ1) is 9.34. The van der Waals surface area contributed by atoms with Gasteiger partial charge in [-0.2, -0.15) is 5.26 Å². The highest BCUT2D eigenvalue weighted by atomic mass is 32.2. The Hall–Kier alpha value is -1.42. The number of hydrogen-bond donors (Lipinski definition) is 2. The number of benzene rings is 1. The van der Waals surface area contributed by atoms with Crippen LogP contribution < -0.4 is 10.5 Å². The molecule has 0 saturated carbocycles. The normalized spacial score (nSPS) is 12.1. The molecule has 0 bridgehead atoms. The molecule has 0 aromatic heterocycles. The van der Waals surface area contributed by atoms with Crippen molar-refractivity contribution in [2.75, 3.05) is 6.54 Å². The highest BCUT2D eigenvalue weighted by molar-refractivity contribution is 7.88. The van der Waals surface area contributed by atoms with E-state index in [9.17, 15) is 8.42 Å². The Labute approximate surface area is 120 Å². The molecule has 0 aliphatic carbocycles. The van der Waals surface area contributed by atoms with Gasteiger partial charge in [-0.3, -0.25) is 0 Å². The summed E-state index contributed by atoms with van der Waals surface area (Å²) in [5, 5.41) is 8.69. The lowest BCUT2D eigenvalue weighted by Crippen LogP contribution is -2.49. The molecule has 0 unspecified atom stereocenters. The van der Waals surface area contributed by atoms with Crippen LogP contribution in [0.1, 0.15) is 37.8 Å². The van der Waals surface area contributed by atoms with E-state index in [-0.39, 0.29) is 12.3 Å². The average Bonchev–Trinajstić information content (AvgIpc) is 2.45. The number of rotatable bonds is 7. The van der Waals surface area contributed by atoms with Crippen LogP contribution in [0, 0.1) is 11.3 Å². The second-order valence-electron chi connectivity index (χ2n) is 4.96. The number of hydrogen-bond acceptors (Lipinski definition) is 4. The summed E-state index contributed by atoms with van der Waals surface area (Å²) in [6, 6.07) is 8.50. The van der Waals surface area contributed by atoms with Gasteiger partial charge in [0.25, 0.3) is 0 Å². The fourth-order valence-corrected chi connectivity index (χ4v) is 2.94. The Kier molecular flexibility index (Phi) is 5.69. The van der Waals surface area contributed by atoms with E-state index in [1.54, 1.807) is 24.3 Å². The summed E-state index contributed by atoms with van der Waals surface area (Å²) in [6.45, 7) is 4.12. The zero-order valence-corrected chi connectivity index (χ0v) is 12.7. The minimum absolute atomic E-state index is 0.109. The maximum Gasteiger partial charge on any atom is 0.215 e. The van der Waals surface area contributed by atoms with Crippen molar-refractivity contribution < 1.29 is 8.42 Å². The molecular weight excluding hydrogens is 274 g/mol. The summed E-state index contributed by atoms with van der Waals surface area (Å²) >= 11 is 0. The van der Waals surface area contributed by atoms with Gasteiger partial charge in [0.1, 0.15) is 0 Å². The van der Waals surface area contributed by atoms with Crippen LogP contribution in [0.15, 0.2) is 24.3 Å². The summed E-state index contributed by atoms with van der Waals surface area (Å²) in [5.41, 5.74) is 6.73. The third-order valence-corrected chi connectivity index (χ3v) is 4.79. The Morgan fingerprint density at radius 2 is 1.80 bits per heavy atom. The van der Waals surface area contributed by atoms with E-state index in [2.05, 4.69) is 4.72 Å². The second kappa shape index (κ2) is 6.84.